The van der Waals surface area contributed by atoms with Gasteiger partial charge in [-0.1, -0.05) is 12.1 Å². The van der Waals surface area contributed by atoms with Crippen molar-refractivity contribution in [2.45, 2.75) is 38.9 Å². The van der Waals surface area contributed by atoms with Gasteiger partial charge in [0.25, 0.3) is 0 Å². The molecule has 21 heavy (non-hydrogen) atoms. The van der Waals surface area contributed by atoms with E-state index in [0.29, 0.717) is 6.61 Å². The molecule has 110 valence electrons. The molecule has 2 aromatic carbocycles. The predicted octanol–water partition coefficient (Wildman–Crippen LogP) is 4.08. The summed E-state index contributed by atoms with van der Waals surface area (Å²) in [4.78, 5) is 0. The lowest BCUT2D eigenvalue weighted by Gasteiger charge is -2.22. The number of aliphatic hydroxyl groups is 1. The van der Waals surface area contributed by atoms with Crippen molar-refractivity contribution in [1.29, 1.82) is 0 Å². The highest BCUT2D eigenvalue weighted by molar-refractivity contribution is 5.38. The Morgan fingerprint density at radius 2 is 2.10 bits per heavy atom. The monoisotopic (exact) mass is 286 g/mol. The topological polar surface area (TPSA) is 29.5 Å². The van der Waals surface area contributed by atoms with Crippen molar-refractivity contribution in [1.82, 2.24) is 0 Å². The maximum atomic E-state index is 13.3. The molecule has 3 rings (SSSR count). The first-order chi connectivity index (χ1) is 10.1. The molecular formula is C18H19FO2. The Kier molecular flexibility index (Phi) is 3.93. The molecule has 1 aliphatic carbocycles. The van der Waals surface area contributed by atoms with Gasteiger partial charge in [0.2, 0.25) is 0 Å². The minimum Gasteiger partial charge on any atom is -0.489 e. The first-order valence-electron chi connectivity index (χ1n) is 7.32. The van der Waals surface area contributed by atoms with Gasteiger partial charge in [0, 0.05) is 0 Å². The lowest BCUT2D eigenvalue weighted by molar-refractivity contribution is 0.156. The summed E-state index contributed by atoms with van der Waals surface area (Å²) in [5.41, 5.74) is 4.01. The molecular weight excluding hydrogens is 267 g/mol. The summed E-state index contributed by atoms with van der Waals surface area (Å²) in [7, 11) is 0. The highest BCUT2D eigenvalue weighted by Crippen LogP contribution is 2.32. The van der Waals surface area contributed by atoms with Gasteiger partial charge in [-0.25, -0.2) is 4.39 Å². The van der Waals surface area contributed by atoms with Gasteiger partial charge in [-0.3, -0.25) is 0 Å². The van der Waals surface area contributed by atoms with E-state index in [2.05, 4.69) is 0 Å². The van der Waals surface area contributed by atoms with Crippen LogP contribution in [0.2, 0.25) is 0 Å². The molecule has 0 bridgehead atoms. The van der Waals surface area contributed by atoms with Crippen molar-refractivity contribution in [3.63, 3.8) is 0 Å². The van der Waals surface area contributed by atoms with Crippen molar-refractivity contribution in [2.24, 2.45) is 0 Å². The molecule has 3 heteroatoms. The van der Waals surface area contributed by atoms with E-state index in [9.17, 15) is 9.50 Å². The van der Waals surface area contributed by atoms with Crippen molar-refractivity contribution in [3.05, 3.63) is 64.5 Å². The van der Waals surface area contributed by atoms with E-state index >= 15 is 0 Å². The van der Waals surface area contributed by atoms with Crippen LogP contribution >= 0.6 is 0 Å². The maximum absolute atomic E-state index is 13.3. The fourth-order valence-electron chi connectivity index (χ4n) is 2.80. The van der Waals surface area contributed by atoms with Crippen LogP contribution < -0.4 is 4.74 Å². The normalized spacial score (nSPS) is 17.4. The molecule has 0 aliphatic heterocycles. The van der Waals surface area contributed by atoms with Crippen molar-refractivity contribution in [3.8, 4) is 5.75 Å². The molecule has 0 saturated carbocycles. The molecule has 1 N–H and O–H groups in total. The molecule has 0 radical (unpaired) electrons. The summed E-state index contributed by atoms with van der Waals surface area (Å²) in [6.45, 7) is 2.27. The third-order valence-corrected chi connectivity index (χ3v) is 4.11. The highest BCUT2D eigenvalue weighted by atomic mass is 19.1. The lowest BCUT2D eigenvalue weighted by Crippen LogP contribution is -2.09. The fraction of sp³-hybridized carbons (Fsp3) is 0.333. The average molecular weight is 286 g/mol. The zero-order valence-electron chi connectivity index (χ0n) is 12.1. The molecule has 0 heterocycles. The number of benzene rings is 2. The van der Waals surface area contributed by atoms with Gasteiger partial charge >= 0.3 is 0 Å². The van der Waals surface area contributed by atoms with Gasteiger partial charge in [-0.2, -0.15) is 0 Å². The van der Waals surface area contributed by atoms with Crippen LogP contribution in [0.25, 0.3) is 0 Å². The molecule has 0 saturated heterocycles. The molecule has 0 amide bonds. The van der Waals surface area contributed by atoms with Crippen LogP contribution in [0.4, 0.5) is 4.39 Å². The minimum atomic E-state index is -0.395. The summed E-state index contributed by atoms with van der Waals surface area (Å²) < 4.78 is 19.0. The first kappa shape index (κ1) is 14.1. The molecule has 0 unspecified atom stereocenters. The van der Waals surface area contributed by atoms with E-state index in [1.807, 2.05) is 25.1 Å². The minimum absolute atomic E-state index is 0.250. The van der Waals surface area contributed by atoms with Crippen LogP contribution in [0.1, 0.15) is 41.2 Å². The zero-order valence-corrected chi connectivity index (χ0v) is 12.1. The highest BCUT2D eigenvalue weighted by Gasteiger charge is 2.18. The van der Waals surface area contributed by atoms with Crippen LogP contribution in [0, 0.1) is 12.7 Å². The van der Waals surface area contributed by atoms with Gasteiger partial charge in [-0.05, 0) is 72.7 Å². The predicted molar refractivity (Wildman–Crippen MR) is 79.8 cm³/mol. The van der Waals surface area contributed by atoms with Crippen molar-refractivity contribution >= 4 is 0 Å². The van der Waals surface area contributed by atoms with Gasteiger partial charge < -0.3 is 9.84 Å². The molecule has 1 aliphatic rings. The van der Waals surface area contributed by atoms with Crippen molar-refractivity contribution < 1.29 is 14.2 Å². The van der Waals surface area contributed by atoms with Crippen molar-refractivity contribution in [2.75, 3.05) is 0 Å². The van der Waals surface area contributed by atoms with Crippen LogP contribution in [0.3, 0.4) is 0 Å². The molecule has 2 nitrogen and oxygen atoms in total. The van der Waals surface area contributed by atoms with Gasteiger partial charge in [0.05, 0.1) is 6.10 Å². The fourth-order valence-corrected chi connectivity index (χ4v) is 2.80. The van der Waals surface area contributed by atoms with Crippen LogP contribution in [-0.2, 0) is 13.0 Å². The molecule has 0 fully saturated rings. The number of hydrogen-bond donors (Lipinski definition) is 1. The quantitative estimate of drug-likeness (QED) is 0.921. The third kappa shape index (κ3) is 3.08. The average Bonchev–Trinajstić information content (AvgIpc) is 2.49. The Bertz CT molecular complexity index is 652. The van der Waals surface area contributed by atoms with E-state index in [0.717, 1.165) is 41.7 Å². The smallest absolute Gasteiger partial charge is 0.123 e. The van der Waals surface area contributed by atoms with E-state index in [1.54, 1.807) is 6.07 Å². The number of hydrogen-bond acceptors (Lipinski definition) is 2. The summed E-state index contributed by atoms with van der Waals surface area (Å²) in [6, 6.07) is 10.6. The number of rotatable bonds is 3. The van der Waals surface area contributed by atoms with Gasteiger partial charge in [-0.15, -0.1) is 0 Å². The van der Waals surface area contributed by atoms with Crippen LogP contribution in [0.15, 0.2) is 36.4 Å². The third-order valence-electron chi connectivity index (χ3n) is 4.11. The number of ether oxygens (including phenoxy) is 1. The Morgan fingerprint density at radius 1 is 1.24 bits per heavy atom. The molecule has 1 atom stereocenters. The maximum Gasteiger partial charge on any atom is 0.123 e. The lowest BCUT2D eigenvalue weighted by atomic mass is 9.89. The number of aryl methyl sites for hydroxylation is 2. The van der Waals surface area contributed by atoms with Gasteiger partial charge in [0.1, 0.15) is 18.2 Å². The SMILES string of the molecule is Cc1ccc(F)cc1COc1ccc2c(c1)[C@H](O)CCC2. The molecule has 2 aromatic rings. The van der Waals surface area contributed by atoms with E-state index in [4.69, 9.17) is 4.74 Å². The number of fused-ring (bicyclic) bond motifs is 1. The summed E-state index contributed by atoms with van der Waals surface area (Å²) >= 11 is 0. The molecule has 0 aromatic heterocycles. The Labute approximate surface area is 124 Å². The van der Waals surface area contributed by atoms with E-state index < -0.39 is 6.10 Å². The Balaban J connectivity index is 1.76. The summed E-state index contributed by atoms with van der Waals surface area (Å²) in [6.07, 6.45) is 2.44. The number of halogens is 1. The Morgan fingerprint density at radius 3 is 2.95 bits per heavy atom. The van der Waals surface area contributed by atoms with Crippen LogP contribution in [0.5, 0.6) is 5.75 Å². The second-order valence-corrected chi connectivity index (χ2v) is 5.63. The van der Waals surface area contributed by atoms with Crippen LogP contribution in [-0.4, -0.2) is 5.11 Å². The summed E-state index contributed by atoms with van der Waals surface area (Å²) in [5, 5.41) is 10.0. The summed E-state index contributed by atoms with van der Waals surface area (Å²) in [5.74, 6) is 0.471. The first-order valence-corrected chi connectivity index (χ1v) is 7.32. The van der Waals surface area contributed by atoms with Gasteiger partial charge in [0.15, 0.2) is 0 Å². The number of aliphatic hydroxyl groups excluding tert-OH is 1. The second kappa shape index (κ2) is 5.86. The van der Waals surface area contributed by atoms with E-state index in [1.165, 1.54) is 17.7 Å². The van der Waals surface area contributed by atoms with E-state index in [-0.39, 0.29) is 5.82 Å². The largest absolute Gasteiger partial charge is 0.489 e. The molecule has 0 spiro atoms. The standard InChI is InChI=1S/C18H19FO2/c1-12-5-7-15(19)9-14(12)11-21-16-8-6-13-3-2-4-18(20)17(13)10-16/h5-10,18,20H,2-4,11H2,1H3/t18-/m1/s1. The Hall–Kier alpha value is -1.87. The zero-order chi connectivity index (χ0) is 14.8. The second-order valence-electron chi connectivity index (χ2n) is 5.63.